The fourth-order valence-corrected chi connectivity index (χ4v) is 1.84. The lowest BCUT2D eigenvalue weighted by molar-refractivity contribution is -0.131. The van der Waals surface area contributed by atoms with Crippen LogP contribution in [0, 0.1) is 6.92 Å². The number of aryl methyl sites for hydroxylation is 1. The maximum Gasteiger partial charge on any atom is 0.328 e. The van der Waals surface area contributed by atoms with Crippen LogP contribution in [0.4, 0.5) is 0 Å². The number of ether oxygens (including phenoxy) is 2. The maximum absolute atomic E-state index is 10.5. The summed E-state index contributed by atoms with van der Waals surface area (Å²) in [5, 5.41) is 8.64. The third kappa shape index (κ3) is 4.11. The lowest BCUT2D eigenvalue weighted by atomic mass is 10.1. The first-order valence-electron chi connectivity index (χ1n) is 6.42. The van der Waals surface area contributed by atoms with Crippen molar-refractivity contribution in [1.82, 2.24) is 0 Å². The fourth-order valence-electron chi connectivity index (χ4n) is 1.84. The lowest BCUT2D eigenvalue weighted by Gasteiger charge is -2.08. The topological polar surface area (TPSA) is 55.8 Å². The molecule has 0 aliphatic rings. The molecule has 4 nitrogen and oxygen atoms in total. The first kappa shape index (κ1) is 14.7. The van der Waals surface area contributed by atoms with Gasteiger partial charge in [-0.25, -0.2) is 4.79 Å². The first-order chi connectivity index (χ1) is 10.1. The van der Waals surface area contributed by atoms with Gasteiger partial charge in [0, 0.05) is 6.08 Å². The monoisotopic (exact) mass is 284 g/mol. The molecule has 2 aromatic rings. The summed E-state index contributed by atoms with van der Waals surface area (Å²) < 4.78 is 10.8. The SMILES string of the molecule is COc1ccc(Oc2ccc(C=CC(=O)O)c(C)c2)cc1. The van der Waals surface area contributed by atoms with Gasteiger partial charge < -0.3 is 14.6 Å². The van der Waals surface area contributed by atoms with Crippen LogP contribution in [0.25, 0.3) is 6.08 Å². The van der Waals surface area contributed by atoms with E-state index in [-0.39, 0.29) is 0 Å². The summed E-state index contributed by atoms with van der Waals surface area (Å²) in [6.07, 6.45) is 2.68. The highest BCUT2D eigenvalue weighted by Gasteiger charge is 2.01. The number of methoxy groups -OCH3 is 1. The predicted octanol–water partition coefficient (Wildman–Crippen LogP) is 3.89. The van der Waals surface area contributed by atoms with Crippen LogP contribution < -0.4 is 9.47 Å². The average molecular weight is 284 g/mol. The number of carbonyl (C=O) groups is 1. The second-order valence-electron chi connectivity index (χ2n) is 4.47. The zero-order chi connectivity index (χ0) is 15.2. The minimum Gasteiger partial charge on any atom is -0.497 e. The molecule has 0 fully saturated rings. The Labute approximate surface area is 123 Å². The molecule has 0 saturated heterocycles. The molecule has 0 amide bonds. The van der Waals surface area contributed by atoms with Crippen LogP contribution in [-0.4, -0.2) is 18.2 Å². The van der Waals surface area contributed by atoms with E-state index in [1.165, 1.54) is 0 Å². The second-order valence-corrected chi connectivity index (χ2v) is 4.47. The summed E-state index contributed by atoms with van der Waals surface area (Å²) in [5.41, 5.74) is 1.79. The van der Waals surface area contributed by atoms with Crippen molar-refractivity contribution in [3.63, 3.8) is 0 Å². The van der Waals surface area contributed by atoms with Crippen LogP contribution >= 0.6 is 0 Å². The molecule has 2 rings (SSSR count). The van der Waals surface area contributed by atoms with E-state index in [0.29, 0.717) is 11.5 Å². The van der Waals surface area contributed by atoms with E-state index in [1.54, 1.807) is 19.3 Å². The fraction of sp³-hybridized carbons (Fsp3) is 0.118. The third-order valence-corrected chi connectivity index (χ3v) is 2.94. The van der Waals surface area contributed by atoms with Gasteiger partial charge in [-0.15, -0.1) is 0 Å². The van der Waals surface area contributed by atoms with Gasteiger partial charge in [-0.05, 0) is 60.5 Å². The molecule has 0 radical (unpaired) electrons. The molecule has 2 aromatic carbocycles. The predicted molar refractivity (Wildman–Crippen MR) is 80.9 cm³/mol. The van der Waals surface area contributed by atoms with Gasteiger partial charge >= 0.3 is 5.97 Å². The molecule has 0 spiro atoms. The van der Waals surface area contributed by atoms with Gasteiger partial charge in [-0.3, -0.25) is 0 Å². The molecule has 4 heteroatoms. The summed E-state index contributed by atoms with van der Waals surface area (Å²) in [7, 11) is 1.61. The molecule has 0 aromatic heterocycles. The Morgan fingerprint density at radius 3 is 2.24 bits per heavy atom. The van der Waals surface area contributed by atoms with Crippen molar-refractivity contribution < 1.29 is 19.4 Å². The minimum atomic E-state index is -0.965. The van der Waals surface area contributed by atoms with Crippen LogP contribution in [0.3, 0.4) is 0 Å². The average Bonchev–Trinajstić information content (AvgIpc) is 2.47. The summed E-state index contributed by atoms with van der Waals surface area (Å²) in [4.78, 5) is 10.5. The Balaban J connectivity index is 2.14. The van der Waals surface area contributed by atoms with Gasteiger partial charge in [0.05, 0.1) is 7.11 Å². The van der Waals surface area contributed by atoms with Crippen LogP contribution in [-0.2, 0) is 4.79 Å². The van der Waals surface area contributed by atoms with Gasteiger partial charge in [-0.1, -0.05) is 6.07 Å². The molecule has 21 heavy (non-hydrogen) atoms. The van der Waals surface area contributed by atoms with E-state index in [2.05, 4.69) is 0 Å². The van der Waals surface area contributed by atoms with Crippen molar-refractivity contribution in [1.29, 1.82) is 0 Å². The number of rotatable bonds is 5. The molecule has 0 bridgehead atoms. The van der Waals surface area contributed by atoms with Gasteiger partial charge in [0.1, 0.15) is 17.2 Å². The van der Waals surface area contributed by atoms with Gasteiger partial charge in [-0.2, -0.15) is 0 Å². The minimum absolute atomic E-state index is 0.699. The molecule has 0 aliphatic heterocycles. The smallest absolute Gasteiger partial charge is 0.328 e. The summed E-state index contributed by atoms with van der Waals surface area (Å²) in [6, 6.07) is 12.8. The zero-order valence-electron chi connectivity index (χ0n) is 11.9. The van der Waals surface area contributed by atoms with Crippen molar-refractivity contribution in [3.05, 3.63) is 59.7 Å². The van der Waals surface area contributed by atoms with E-state index in [4.69, 9.17) is 14.6 Å². The third-order valence-electron chi connectivity index (χ3n) is 2.94. The van der Waals surface area contributed by atoms with Crippen molar-refractivity contribution in [2.45, 2.75) is 6.92 Å². The maximum atomic E-state index is 10.5. The number of hydrogen-bond donors (Lipinski definition) is 1. The molecular weight excluding hydrogens is 268 g/mol. The van der Waals surface area contributed by atoms with Crippen LogP contribution in [0.2, 0.25) is 0 Å². The Morgan fingerprint density at radius 1 is 1.05 bits per heavy atom. The van der Waals surface area contributed by atoms with Gasteiger partial charge in [0.2, 0.25) is 0 Å². The molecule has 0 atom stereocenters. The van der Waals surface area contributed by atoms with Crippen molar-refractivity contribution in [3.8, 4) is 17.2 Å². The molecule has 0 unspecified atom stereocenters. The van der Waals surface area contributed by atoms with Crippen molar-refractivity contribution in [2.24, 2.45) is 0 Å². The van der Waals surface area contributed by atoms with Gasteiger partial charge in [0.15, 0.2) is 0 Å². The largest absolute Gasteiger partial charge is 0.497 e. The molecule has 0 heterocycles. The summed E-state index contributed by atoms with van der Waals surface area (Å²) >= 11 is 0. The molecule has 0 aliphatic carbocycles. The molecule has 0 saturated carbocycles. The first-order valence-corrected chi connectivity index (χ1v) is 6.42. The zero-order valence-corrected chi connectivity index (χ0v) is 11.9. The van der Waals surface area contributed by atoms with Crippen molar-refractivity contribution in [2.75, 3.05) is 7.11 Å². The van der Waals surface area contributed by atoms with E-state index < -0.39 is 5.97 Å². The highest BCUT2D eigenvalue weighted by atomic mass is 16.5. The van der Waals surface area contributed by atoms with Crippen LogP contribution in [0.5, 0.6) is 17.2 Å². The molecular formula is C17H16O4. The highest BCUT2D eigenvalue weighted by molar-refractivity contribution is 5.85. The van der Waals surface area contributed by atoms with Crippen LogP contribution in [0.1, 0.15) is 11.1 Å². The summed E-state index contributed by atoms with van der Waals surface area (Å²) in [6.45, 7) is 1.91. The number of benzene rings is 2. The quantitative estimate of drug-likeness (QED) is 0.846. The number of hydrogen-bond acceptors (Lipinski definition) is 3. The molecule has 108 valence electrons. The molecule has 1 N–H and O–H groups in total. The van der Waals surface area contributed by atoms with E-state index in [0.717, 1.165) is 23.0 Å². The van der Waals surface area contributed by atoms with E-state index >= 15 is 0 Å². The normalized spacial score (nSPS) is 10.6. The van der Waals surface area contributed by atoms with Crippen LogP contribution in [0.15, 0.2) is 48.5 Å². The van der Waals surface area contributed by atoms with E-state index in [1.807, 2.05) is 43.3 Å². The van der Waals surface area contributed by atoms with E-state index in [9.17, 15) is 4.79 Å². The Kier molecular flexibility index (Phi) is 4.61. The second kappa shape index (κ2) is 6.61. The van der Waals surface area contributed by atoms with Gasteiger partial charge in [0.25, 0.3) is 0 Å². The van der Waals surface area contributed by atoms with Crippen molar-refractivity contribution >= 4 is 12.0 Å². The Bertz CT molecular complexity index is 657. The number of aliphatic carboxylic acids is 1. The standard InChI is InChI=1S/C17H16O4/c1-12-11-16(5-3-13(12)4-10-17(18)19)21-15-8-6-14(20-2)7-9-15/h3-11H,1-2H3,(H,18,19). The summed E-state index contributed by atoms with van der Waals surface area (Å²) in [5.74, 6) is 1.22. The Hall–Kier alpha value is -2.75. The number of carboxylic acids is 1. The number of carboxylic acid groups (broad SMARTS) is 1. The lowest BCUT2D eigenvalue weighted by Crippen LogP contribution is -1.89. The Morgan fingerprint density at radius 2 is 1.67 bits per heavy atom. The highest BCUT2D eigenvalue weighted by Crippen LogP contribution is 2.26.